The normalized spacial score (nSPS) is 15.2. The molecule has 4 nitrogen and oxygen atoms in total. The Hall–Kier alpha value is -3.78. The molecule has 0 fully saturated rings. The summed E-state index contributed by atoms with van der Waals surface area (Å²) in [6.45, 7) is 1.71. The molecule has 0 saturated carbocycles. The SMILES string of the molecule is CC#C[C@H](CC(=O)O)c1ccc(OC2CCc3cc(-c4cccc(OC)c4F)ccc32)cc1. The summed E-state index contributed by atoms with van der Waals surface area (Å²) in [5.74, 6) is 5.14. The van der Waals surface area contributed by atoms with Crippen LogP contribution in [-0.4, -0.2) is 18.2 Å². The number of carboxylic acids is 1. The molecule has 0 amide bonds. The first kappa shape index (κ1) is 22.4. The summed E-state index contributed by atoms with van der Waals surface area (Å²) in [7, 11) is 1.46. The largest absolute Gasteiger partial charge is 0.494 e. The van der Waals surface area contributed by atoms with E-state index in [0.717, 1.165) is 40.8 Å². The third-order valence-electron chi connectivity index (χ3n) is 5.92. The number of methoxy groups -OCH3 is 1. The minimum Gasteiger partial charge on any atom is -0.494 e. The van der Waals surface area contributed by atoms with Crippen molar-refractivity contribution >= 4 is 5.97 Å². The molecule has 0 aliphatic heterocycles. The highest BCUT2D eigenvalue weighted by atomic mass is 19.1. The zero-order valence-corrected chi connectivity index (χ0v) is 18.6. The average molecular weight is 445 g/mol. The van der Waals surface area contributed by atoms with E-state index in [1.807, 2.05) is 42.5 Å². The highest BCUT2D eigenvalue weighted by molar-refractivity contribution is 5.69. The Labute approximate surface area is 193 Å². The van der Waals surface area contributed by atoms with Gasteiger partial charge in [0.15, 0.2) is 11.6 Å². The van der Waals surface area contributed by atoms with Crippen LogP contribution in [-0.2, 0) is 11.2 Å². The maximum Gasteiger partial charge on any atom is 0.304 e. The molecule has 33 heavy (non-hydrogen) atoms. The van der Waals surface area contributed by atoms with Gasteiger partial charge < -0.3 is 14.6 Å². The standard InChI is InChI=1S/C28H25FO4/c1-3-5-19(17-27(30)31)18-8-12-22(13-9-18)33-25-15-11-20-16-21(10-14-23(20)25)24-6-4-7-26(32-2)28(24)29/h4,6-10,12-14,16,19,25H,11,15,17H2,1-2H3,(H,30,31)/t19-,25?/m1/s1. The van der Waals surface area contributed by atoms with Gasteiger partial charge in [0, 0.05) is 5.56 Å². The lowest BCUT2D eigenvalue weighted by atomic mass is 9.96. The molecule has 3 aromatic rings. The molecule has 0 saturated heterocycles. The number of aryl methyl sites for hydroxylation is 1. The molecule has 1 aliphatic carbocycles. The number of halogens is 1. The lowest BCUT2D eigenvalue weighted by Crippen LogP contribution is -2.06. The Kier molecular flexibility index (Phi) is 6.65. The van der Waals surface area contributed by atoms with E-state index in [1.165, 1.54) is 7.11 Å². The molecule has 0 spiro atoms. The Morgan fingerprint density at radius 2 is 1.97 bits per heavy atom. The average Bonchev–Trinajstić information content (AvgIpc) is 3.21. The Morgan fingerprint density at radius 1 is 1.18 bits per heavy atom. The number of ether oxygens (including phenoxy) is 2. The van der Waals surface area contributed by atoms with E-state index in [9.17, 15) is 9.18 Å². The molecule has 1 aliphatic rings. The maximum atomic E-state index is 14.7. The molecule has 0 bridgehead atoms. The van der Waals surface area contributed by atoms with Crippen molar-refractivity contribution in [3.63, 3.8) is 0 Å². The van der Waals surface area contributed by atoms with Gasteiger partial charge in [-0.2, -0.15) is 0 Å². The van der Waals surface area contributed by atoms with Gasteiger partial charge >= 0.3 is 5.97 Å². The van der Waals surface area contributed by atoms with Crippen molar-refractivity contribution in [1.29, 1.82) is 0 Å². The predicted molar refractivity (Wildman–Crippen MR) is 125 cm³/mol. The molecule has 168 valence electrons. The van der Waals surface area contributed by atoms with Crippen molar-refractivity contribution in [2.45, 2.75) is 38.2 Å². The van der Waals surface area contributed by atoms with Crippen LogP contribution < -0.4 is 9.47 Å². The van der Waals surface area contributed by atoms with Crippen LogP contribution >= 0.6 is 0 Å². The number of carboxylic acid groups (broad SMARTS) is 1. The topological polar surface area (TPSA) is 55.8 Å². The number of aliphatic carboxylic acids is 1. The number of rotatable bonds is 7. The first-order chi connectivity index (χ1) is 16.0. The molecule has 4 rings (SSSR count). The Balaban J connectivity index is 1.51. The van der Waals surface area contributed by atoms with Gasteiger partial charge in [0.1, 0.15) is 11.9 Å². The van der Waals surface area contributed by atoms with Crippen molar-refractivity contribution in [3.8, 4) is 34.5 Å². The van der Waals surface area contributed by atoms with Crippen molar-refractivity contribution in [3.05, 3.63) is 83.2 Å². The van der Waals surface area contributed by atoms with Crippen LogP contribution in [0.15, 0.2) is 60.7 Å². The van der Waals surface area contributed by atoms with Crippen molar-refractivity contribution in [1.82, 2.24) is 0 Å². The zero-order chi connectivity index (χ0) is 23.4. The molecule has 1 N–H and O–H groups in total. The molecule has 5 heteroatoms. The minimum atomic E-state index is -0.876. The second kappa shape index (κ2) is 9.79. The second-order valence-electron chi connectivity index (χ2n) is 7.99. The van der Waals surface area contributed by atoms with E-state index in [1.54, 1.807) is 25.1 Å². The van der Waals surface area contributed by atoms with Gasteiger partial charge in [0.25, 0.3) is 0 Å². The fourth-order valence-corrected chi connectivity index (χ4v) is 4.30. The van der Waals surface area contributed by atoms with E-state index < -0.39 is 5.97 Å². The minimum absolute atomic E-state index is 0.0345. The zero-order valence-electron chi connectivity index (χ0n) is 18.6. The first-order valence-corrected chi connectivity index (χ1v) is 10.9. The van der Waals surface area contributed by atoms with E-state index >= 15 is 0 Å². The number of fused-ring (bicyclic) bond motifs is 1. The van der Waals surface area contributed by atoms with Gasteiger partial charge in [-0.25, -0.2) is 4.39 Å². The van der Waals surface area contributed by atoms with E-state index in [0.29, 0.717) is 5.56 Å². The lowest BCUT2D eigenvalue weighted by Gasteiger charge is -2.16. The Bertz CT molecular complexity index is 1220. The number of hydrogen-bond acceptors (Lipinski definition) is 3. The molecule has 3 aromatic carbocycles. The van der Waals surface area contributed by atoms with Crippen molar-refractivity contribution in [2.24, 2.45) is 0 Å². The number of carbonyl (C=O) groups is 1. The summed E-state index contributed by atoms with van der Waals surface area (Å²) in [5.41, 5.74) is 4.44. The number of benzene rings is 3. The van der Waals surface area contributed by atoms with Crippen LogP contribution in [0.1, 0.15) is 48.5 Å². The van der Waals surface area contributed by atoms with Crippen LogP contribution in [0.4, 0.5) is 4.39 Å². The third-order valence-corrected chi connectivity index (χ3v) is 5.92. The molecular formula is C28H25FO4. The van der Waals surface area contributed by atoms with Gasteiger partial charge in [-0.3, -0.25) is 4.79 Å². The van der Waals surface area contributed by atoms with Crippen molar-refractivity contribution < 1.29 is 23.8 Å². The first-order valence-electron chi connectivity index (χ1n) is 10.9. The van der Waals surface area contributed by atoms with Gasteiger partial charge in [-0.05, 0) is 60.2 Å². The highest BCUT2D eigenvalue weighted by Gasteiger charge is 2.25. The summed E-state index contributed by atoms with van der Waals surface area (Å²) in [4.78, 5) is 11.1. The molecular weight excluding hydrogens is 419 g/mol. The monoisotopic (exact) mass is 444 g/mol. The lowest BCUT2D eigenvalue weighted by molar-refractivity contribution is -0.137. The number of hydrogen-bond donors (Lipinski definition) is 1. The van der Waals surface area contributed by atoms with E-state index in [-0.39, 0.29) is 30.0 Å². The maximum absolute atomic E-state index is 14.7. The van der Waals surface area contributed by atoms with Gasteiger partial charge in [-0.15, -0.1) is 5.92 Å². The summed E-state index contributed by atoms with van der Waals surface area (Å²) in [6.07, 6.45) is 1.57. The van der Waals surface area contributed by atoms with Crippen LogP contribution in [0.3, 0.4) is 0 Å². The van der Waals surface area contributed by atoms with Crippen LogP contribution in [0, 0.1) is 17.7 Å². The van der Waals surface area contributed by atoms with E-state index in [2.05, 4.69) is 11.8 Å². The van der Waals surface area contributed by atoms with Crippen LogP contribution in [0.2, 0.25) is 0 Å². The summed E-state index contributed by atoms with van der Waals surface area (Å²) >= 11 is 0. The molecule has 0 aromatic heterocycles. The predicted octanol–water partition coefficient (Wildman–Crippen LogP) is 6.15. The summed E-state index contributed by atoms with van der Waals surface area (Å²) in [6, 6.07) is 18.6. The molecule has 0 heterocycles. The smallest absolute Gasteiger partial charge is 0.304 e. The molecule has 2 atom stereocenters. The van der Waals surface area contributed by atoms with E-state index in [4.69, 9.17) is 14.6 Å². The van der Waals surface area contributed by atoms with Crippen LogP contribution in [0.5, 0.6) is 11.5 Å². The Morgan fingerprint density at radius 3 is 2.67 bits per heavy atom. The van der Waals surface area contributed by atoms with Crippen LogP contribution in [0.25, 0.3) is 11.1 Å². The van der Waals surface area contributed by atoms with Gasteiger partial charge in [-0.1, -0.05) is 48.4 Å². The third kappa shape index (κ3) is 4.85. The van der Waals surface area contributed by atoms with Gasteiger partial charge in [0.05, 0.1) is 19.4 Å². The summed E-state index contributed by atoms with van der Waals surface area (Å²) in [5, 5.41) is 9.12. The highest BCUT2D eigenvalue weighted by Crippen LogP contribution is 2.38. The fourth-order valence-electron chi connectivity index (χ4n) is 4.30. The second-order valence-corrected chi connectivity index (χ2v) is 7.99. The van der Waals surface area contributed by atoms with Gasteiger partial charge in [0.2, 0.25) is 0 Å². The quantitative estimate of drug-likeness (QED) is 0.444. The van der Waals surface area contributed by atoms with Crippen molar-refractivity contribution in [2.75, 3.05) is 7.11 Å². The fraction of sp³-hybridized carbons (Fsp3) is 0.250. The summed E-state index contributed by atoms with van der Waals surface area (Å²) < 4.78 is 26.0. The molecule has 0 radical (unpaired) electrons. The molecule has 1 unspecified atom stereocenters.